The topological polar surface area (TPSA) is 22.1 Å². The average Bonchev–Trinajstić information content (AvgIpc) is 2.04. The summed E-state index contributed by atoms with van der Waals surface area (Å²) in [6, 6.07) is 1.76. The summed E-state index contributed by atoms with van der Waals surface area (Å²) in [7, 11) is 0. The molecule has 12 heavy (non-hydrogen) atoms. The molecule has 0 unspecified atom stereocenters. The van der Waals surface area contributed by atoms with E-state index >= 15 is 0 Å². The first-order chi connectivity index (χ1) is 5.75. The Morgan fingerprint density at radius 3 is 3.00 bits per heavy atom. The Hall–Kier alpha value is -0.830. The van der Waals surface area contributed by atoms with Gasteiger partial charge in [0.2, 0.25) is 0 Å². The summed E-state index contributed by atoms with van der Waals surface area (Å²) in [5.41, 5.74) is 0.864. The van der Waals surface area contributed by atoms with Gasteiger partial charge in [0, 0.05) is 6.20 Å². The lowest BCUT2D eigenvalue weighted by molar-refractivity contribution is 0.271. The van der Waals surface area contributed by atoms with E-state index in [0.29, 0.717) is 5.75 Å². The van der Waals surface area contributed by atoms with E-state index in [0.717, 1.165) is 5.56 Å². The van der Waals surface area contributed by atoms with Crippen molar-refractivity contribution in [3.8, 4) is 5.75 Å². The van der Waals surface area contributed by atoms with Gasteiger partial charge in [-0.2, -0.15) is 0 Å². The van der Waals surface area contributed by atoms with Gasteiger partial charge in [0.1, 0.15) is 13.3 Å². The molecule has 0 bridgehead atoms. The maximum absolute atomic E-state index is 11.8. The van der Waals surface area contributed by atoms with Crippen molar-refractivity contribution in [1.82, 2.24) is 4.98 Å². The highest BCUT2D eigenvalue weighted by Gasteiger charge is 2.04. The van der Waals surface area contributed by atoms with Gasteiger partial charge in [-0.25, -0.2) is 9.37 Å². The molecule has 0 aliphatic heterocycles. The number of ether oxygens (including phenoxy) is 1. The third-order valence-corrected chi connectivity index (χ3v) is 1.65. The van der Waals surface area contributed by atoms with Crippen LogP contribution in [0.3, 0.4) is 0 Å². The lowest BCUT2D eigenvalue weighted by Crippen LogP contribution is -2.01. The van der Waals surface area contributed by atoms with Gasteiger partial charge in [0.25, 0.3) is 0 Å². The number of aromatic nitrogens is 1. The monoisotopic (exact) mass is 189 g/mol. The van der Waals surface area contributed by atoms with Crippen molar-refractivity contribution >= 4 is 11.6 Å². The molecular formula is C8H9ClFNO. The maximum atomic E-state index is 11.8. The van der Waals surface area contributed by atoms with Crippen LogP contribution >= 0.6 is 11.6 Å². The Bertz CT molecular complexity index is 247. The van der Waals surface area contributed by atoms with Gasteiger partial charge in [0.05, 0.1) is 0 Å². The SMILES string of the molecule is Cc1ccnc(Cl)c1OCCF. The van der Waals surface area contributed by atoms with Crippen LogP contribution in [-0.4, -0.2) is 18.3 Å². The van der Waals surface area contributed by atoms with Crippen LogP contribution in [0.4, 0.5) is 4.39 Å². The van der Waals surface area contributed by atoms with Crippen molar-refractivity contribution in [2.75, 3.05) is 13.3 Å². The minimum atomic E-state index is -0.523. The van der Waals surface area contributed by atoms with Gasteiger partial charge in [-0.05, 0) is 18.6 Å². The van der Waals surface area contributed by atoms with Crippen LogP contribution in [0.2, 0.25) is 5.15 Å². The second-order valence-electron chi connectivity index (χ2n) is 2.29. The fraction of sp³-hybridized carbons (Fsp3) is 0.375. The highest BCUT2D eigenvalue weighted by molar-refractivity contribution is 6.30. The summed E-state index contributed by atoms with van der Waals surface area (Å²) in [6.45, 7) is 1.33. The number of hydrogen-bond acceptors (Lipinski definition) is 2. The molecule has 1 rings (SSSR count). The zero-order chi connectivity index (χ0) is 8.97. The van der Waals surface area contributed by atoms with Crippen molar-refractivity contribution < 1.29 is 9.13 Å². The Balaban J connectivity index is 2.81. The van der Waals surface area contributed by atoms with E-state index < -0.39 is 6.67 Å². The second kappa shape index (κ2) is 4.26. The van der Waals surface area contributed by atoms with Crippen molar-refractivity contribution in [1.29, 1.82) is 0 Å². The molecule has 0 amide bonds. The summed E-state index contributed by atoms with van der Waals surface area (Å²) in [6.07, 6.45) is 1.58. The van der Waals surface area contributed by atoms with Crippen LogP contribution in [0.15, 0.2) is 12.3 Å². The number of rotatable bonds is 3. The summed E-state index contributed by atoms with van der Waals surface area (Å²) in [5, 5.41) is 0.281. The van der Waals surface area contributed by atoms with Crippen LogP contribution in [-0.2, 0) is 0 Å². The van der Waals surface area contributed by atoms with Gasteiger partial charge < -0.3 is 4.74 Å². The molecule has 0 N–H and O–H groups in total. The Morgan fingerprint density at radius 1 is 1.67 bits per heavy atom. The number of alkyl halides is 1. The van der Waals surface area contributed by atoms with Crippen LogP contribution in [0.25, 0.3) is 0 Å². The molecule has 2 nitrogen and oxygen atoms in total. The van der Waals surface area contributed by atoms with E-state index in [4.69, 9.17) is 16.3 Å². The van der Waals surface area contributed by atoms with E-state index in [-0.39, 0.29) is 11.8 Å². The van der Waals surface area contributed by atoms with Crippen LogP contribution in [0, 0.1) is 6.92 Å². The predicted octanol–water partition coefficient (Wildman–Crippen LogP) is 2.39. The van der Waals surface area contributed by atoms with Gasteiger partial charge >= 0.3 is 0 Å². The number of nitrogens with zero attached hydrogens (tertiary/aromatic N) is 1. The number of aryl methyl sites for hydroxylation is 1. The van der Waals surface area contributed by atoms with E-state index in [1.165, 1.54) is 0 Å². The minimum absolute atomic E-state index is 0.0201. The zero-order valence-electron chi connectivity index (χ0n) is 6.68. The Morgan fingerprint density at radius 2 is 2.42 bits per heavy atom. The van der Waals surface area contributed by atoms with Crippen molar-refractivity contribution in [2.45, 2.75) is 6.92 Å². The smallest absolute Gasteiger partial charge is 0.171 e. The van der Waals surface area contributed by atoms with E-state index in [2.05, 4.69) is 4.98 Å². The molecule has 0 aliphatic carbocycles. The number of pyridine rings is 1. The lowest BCUT2D eigenvalue weighted by atomic mass is 10.3. The molecule has 0 atom stereocenters. The molecular weight excluding hydrogens is 181 g/mol. The van der Waals surface area contributed by atoms with Crippen molar-refractivity contribution in [3.05, 3.63) is 23.0 Å². The molecule has 0 radical (unpaired) electrons. The van der Waals surface area contributed by atoms with E-state index in [1.807, 2.05) is 6.92 Å². The average molecular weight is 190 g/mol. The van der Waals surface area contributed by atoms with Gasteiger partial charge in [-0.3, -0.25) is 0 Å². The first kappa shape index (κ1) is 9.26. The molecule has 1 heterocycles. The highest BCUT2D eigenvalue weighted by Crippen LogP contribution is 2.25. The fourth-order valence-corrected chi connectivity index (χ4v) is 1.09. The summed E-state index contributed by atoms with van der Waals surface area (Å²) in [5.74, 6) is 0.469. The quantitative estimate of drug-likeness (QED) is 0.682. The first-order valence-corrected chi connectivity index (χ1v) is 3.93. The third kappa shape index (κ3) is 2.08. The predicted molar refractivity (Wildman–Crippen MR) is 45.5 cm³/mol. The van der Waals surface area contributed by atoms with Gasteiger partial charge in [-0.1, -0.05) is 11.6 Å². The molecule has 0 spiro atoms. The van der Waals surface area contributed by atoms with E-state index in [9.17, 15) is 4.39 Å². The third-order valence-electron chi connectivity index (χ3n) is 1.38. The first-order valence-electron chi connectivity index (χ1n) is 3.55. The number of halogens is 2. The Labute approximate surface area is 75.3 Å². The Kier molecular flexibility index (Phi) is 3.29. The van der Waals surface area contributed by atoms with Gasteiger partial charge in [0.15, 0.2) is 10.9 Å². The molecule has 1 aromatic rings. The zero-order valence-corrected chi connectivity index (χ0v) is 7.44. The van der Waals surface area contributed by atoms with E-state index in [1.54, 1.807) is 12.3 Å². The molecule has 4 heteroatoms. The highest BCUT2D eigenvalue weighted by atomic mass is 35.5. The summed E-state index contributed by atoms with van der Waals surface area (Å²) >= 11 is 5.71. The normalized spacial score (nSPS) is 9.92. The molecule has 0 fully saturated rings. The second-order valence-corrected chi connectivity index (χ2v) is 2.64. The van der Waals surface area contributed by atoms with Crippen molar-refractivity contribution in [2.24, 2.45) is 0 Å². The fourth-order valence-electron chi connectivity index (χ4n) is 0.826. The van der Waals surface area contributed by atoms with Crippen molar-refractivity contribution in [3.63, 3.8) is 0 Å². The number of hydrogen-bond donors (Lipinski definition) is 0. The minimum Gasteiger partial charge on any atom is -0.487 e. The van der Waals surface area contributed by atoms with Crippen LogP contribution in [0.5, 0.6) is 5.75 Å². The molecule has 66 valence electrons. The molecule has 0 aliphatic rings. The standard InChI is InChI=1S/C8H9ClFNO/c1-6-2-4-11-8(9)7(6)12-5-3-10/h2,4H,3,5H2,1H3. The van der Waals surface area contributed by atoms with Gasteiger partial charge in [-0.15, -0.1) is 0 Å². The largest absolute Gasteiger partial charge is 0.487 e. The molecule has 1 aromatic heterocycles. The van der Waals surface area contributed by atoms with Crippen LogP contribution < -0.4 is 4.74 Å². The summed E-state index contributed by atoms with van der Waals surface area (Å²) < 4.78 is 16.8. The molecule has 0 saturated carbocycles. The summed E-state index contributed by atoms with van der Waals surface area (Å²) in [4.78, 5) is 3.81. The van der Waals surface area contributed by atoms with Crippen LogP contribution in [0.1, 0.15) is 5.56 Å². The maximum Gasteiger partial charge on any atom is 0.171 e. The lowest BCUT2D eigenvalue weighted by Gasteiger charge is -2.07. The molecule has 0 saturated heterocycles. The molecule has 0 aromatic carbocycles.